The average molecular weight is 428 g/mol. The van der Waals surface area contributed by atoms with Gasteiger partial charge in [-0.3, -0.25) is 19.3 Å². The van der Waals surface area contributed by atoms with Crippen molar-refractivity contribution in [3.05, 3.63) is 40.9 Å². The number of hydrogen-bond acceptors (Lipinski definition) is 5. The molecule has 1 aromatic heterocycles. The van der Waals surface area contributed by atoms with E-state index in [-0.39, 0.29) is 35.7 Å². The number of para-hydroxylation sites is 1. The second kappa shape index (κ2) is 8.65. The monoisotopic (exact) mass is 427 g/mol. The van der Waals surface area contributed by atoms with E-state index in [9.17, 15) is 14.4 Å². The van der Waals surface area contributed by atoms with Crippen LogP contribution in [0.2, 0.25) is 0 Å². The van der Waals surface area contributed by atoms with Gasteiger partial charge in [0.1, 0.15) is 6.54 Å². The smallest absolute Gasteiger partial charge is 0.293 e. The molecule has 2 saturated heterocycles. The molecule has 158 valence electrons. The van der Waals surface area contributed by atoms with Crippen LogP contribution in [0.15, 0.2) is 35.4 Å². The Kier molecular flexibility index (Phi) is 5.97. The molecule has 8 heteroatoms. The van der Waals surface area contributed by atoms with Gasteiger partial charge in [0, 0.05) is 41.9 Å². The van der Waals surface area contributed by atoms with E-state index in [1.165, 1.54) is 4.90 Å². The van der Waals surface area contributed by atoms with Crippen LogP contribution in [0.4, 0.5) is 4.79 Å². The van der Waals surface area contributed by atoms with Gasteiger partial charge in [0.05, 0.1) is 11.0 Å². The molecule has 0 saturated carbocycles. The lowest BCUT2D eigenvalue weighted by Gasteiger charge is -2.16. The van der Waals surface area contributed by atoms with Gasteiger partial charge in [-0.2, -0.15) is 0 Å². The van der Waals surface area contributed by atoms with Gasteiger partial charge >= 0.3 is 0 Å². The maximum atomic E-state index is 12.6. The fraction of sp³-hybridized carbons (Fsp3) is 0.409. The summed E-state index contributed by atoms with van der Waals surface area (Å²) in [5.41, 5.74) is 1.71. The van der Waals surface area contributed by atoms with E-state index >= 15 is 0 Å². The van der Waals surface area contributed by atoms with E-state index in [0.717, 1.165) is 47.7 Å². The van der Waals surface area contributed by atoms with Crippen LogP contribution >= 0.6 is 11.8 Å². The first-order valence-electron chi connectivity index (χ1n) is 10.2. The van der Waals surface area contributed by atoms with Gasteiger partial charge < -0.3 is 14.6 Å². The van der Waals surface area contributed by atoms with Crippen LogP contribution in [0, 0.1) is 0 Å². The molecule has 3 heterocycles. The minimum atomic E-state index is -0.272. The van der Waals surface area contributed by atoms with E-state index in [0.29, 0.717) is 11.4 Å². The Balaban J connectivity index is 1.56. The highest BCUT2D eigenvalue weighted by molar-refractivity contribution is 8.18. The zero-order valence-electron chi connectivity index (χ0n) is 17.1. The van der Waals surface area contributed by atoms with Crippen molar-refractivity contribution in [3.63, 3.8) is 0 Å². The molecule has 0 bridgehead atoms. The van der Waals surface area contributed by atoms with Crippen molar-refractivity contribution < 1.29 is 19.1 Å². The highest BCUT2D eigenvalue weighted by Crippen LogP contribution is 2.35. The molecular weight excluding hydrogens is 402 g/mol. The zero-order valence-corrected chi connectivity index (χ0v) is 17.9. The molecule has 1 atom stereocenters. The molecule has 4 rings (SSSR count). The lowest BCUT2D eigenvalue weighted by Crippen LogP contribution is -2.34. The van der Waals surface area contributed by atoms with E-state index in [2.05, 4.69) is 5.32 Å². The number of carbonyl (C=O) groups is 3. The third kappa shape index (κ3) is 4.15. The summed E-state index contributed by atoms with van der Waals surface area (Å²) in [7, 11) is 0. The van der Waals surface area contributed by atoms with Crippen molar-refractivity contribution in [1.29, 1.82) is 0 Å². The number of aromatic nitrogens is 1. The number of nitrogens with one attached hydrogen (secondary N) is 1. The second-order valence-electron chi connectivity index (χ2n) is 7.81. The van der Waals surface area contributed by atoms with Crippen molar-refractivity contribution in [2.45, 2.75) is 45.4 Å². The van der Waals surface area contributed by atoms with Crippen LogP contribution < -0.4 is 5.32 Å². The van der Waals surface area contributed by atoms with Crippen LogP contribution in [0.3, 0.4) is 0 Å². The van der Waals surface area contributed by atoms with Gasteiger partial charge in [0.2, 0.25) is 5.91 Å². The molecule has 0 unspecified atom stereocenters. The Morgan fingerprint density at radius 3 is 2.83 bits per heavy atom. The summed E-state index contributed by atoms with van der Waals surface area (Å²) in [6.07, 6.45) is 5.72. The van der Waals surface area contributed by atoms with Gasteiger partial charge in [-0.25, -0.2) is 0 Å². The summed E-state index contributed by atoms with van der Waals surface area (Å²) >= 11 is 0.955. The molecule has 0 spiro atoms. The number of hydrogen-bond donors (Lipinski definition) is 1. The Labute approximate surface area is 179 Å². The van der Waals surface area contributed by atoms with Crippen molar-refractivity contribution in [2.75, 3.05) is 13.2 Å². The number of benzene rings is 1. The van der Waals surface area contributed by atoms with Crippen LogP contribution in [0.25, 0.3) is 17.0 Å². The molecule has 2 aromatic rings. The number of thioether (sulfide) groups is 1. The summed E-state index contributed by atoms with van der Waals surface area (Å²) in [5.74, 6) is -0.357. The average Bonchev–Trinajstić information content (AvgIpc) is 3.41. The molecule has 2 aliphatic rings. The molecule has 7 nitrogen and oxygen atoms in total. The van der Waals surface area contributed by atoms with E-state index in [4.69, 9.17) is 4.74 Å². The first-order valence-corrected chi connectivity index (χ1v) is 11.0. The Morgan fingerprint density at radius 2 is 2.13 bits per heavy atom. The summed E-state index contributed by atoms with van der Waals surface area (Å²) < 4.78 is 7.43. The topological polar surface area (TPSA) is 80.6 Å². The number of nitrogens with zero attached hydrogens (tertiary/aromatic N) is 2. The number of amides is 3. The SMILES string of the molecule is CC(C)N1C(=O)S/C(=C\c2cn(CC(=O)NC[C@H]3CCCO3)c3ccccc23)C1=O. The first-order chi connectivity index (χ1) is 14.4. The standard InChI is InChI=1S/C22H25N3O4S/c1-14(2)25-21(27)19(30-22(25)28)10-15-12-24(18-8-4-3-7-17(15)18)13-20(26)23-11-16-6-5-9-29-16/h3-4,7-8,10,12,14,16H,5-6,9,11,13H2,1-2H3,(H,23,26)/b19-10-/t16-/m1/s1. The van der Waals surface area contributed by atoms with E-state index in [1.807, 2.05) is 48.9 Å². The molecule has 1 aromatic carbocycles. The first kappa shape index (κ1) is 20.7. The fourth-order valence-electron chi connectivity index (χ4n) is 3.83. The number of rotatable bonds is 6. The van der Waals surface area contributed by atoms with E-state index in [1.54, 1.807) is 6.08 Å². The summed E-state index contributed by atoms with van der Waals surface area (Å²) in [6, 6.07) is 7.55. The Hall–Kier alpha value is -2.58. The third-order valence-electron chi connectivity index (χ3n) is 5.31. The van der Waals surface area contributed by atoms with Gasteiger partial charge in [0.25, 0.3) is 11.1 Å². The third-order valence-corrected chi connectivity index (χ3v) is 6.19. The lowest BCUT2D eigenvalue weighted by atomic mass is 10.1. The maximum Gasteiger partial charge on any atom is 0.293 e. The van der Waals surface area contributed by atoms with Crippen molar-refractivity contribution in [1.82, 2.24) is 14.8 Å². The second-order valence-corrected chi connectivity index (χ2v) is 8.81. The fourth-order valence-corrected chi connectivity index (χ4v) is 4.78. The number of imide groups is 1. The molecule has 2 aliphatic heterocycles. The van der Waals surface area contributed by atoms with E-state index < -0.39 is 0 Å². The van der Waals surface area contributed by atoms with Crippen LogP contribution in [-0.2, 0) is 20.9 Å². The molecule has 2 fully saturated rings. The van der Waals surface area contributed by atoms with Gasteiger partial charge in [-0.05, 0) is 50.6 Å². The van der Waals surface area contributed by atoms with Crippen LogP contribution in [0.5, 0.6) is 0 Å². The molecule has 30 heavy (non-hydrogen) atoms. The Bertz CT molecular complexity index is 1020. The van der Waals surface area contributed by atoms with Gasteiger partial charge in [-0.1, -0.05) is 18.2 Å². The molecule has 3 amide bonds. The number of fused-ring (bicyclic) bond motifs is 1. The minimum absolute atomic E-state index is 0.0852. The normalized spacial score (nSPS) is 20.8. The predicted molar refractivity (Wildman–Crippen MR) is 117 cm³/mol. The number of carbonyl (C=O) groups excluding carboxylic acids is 3. The molecular formula is C22H25N3O4S. The maximum absolute atomic E-state index is 12.6. The quantitative estimate of drug-likeness (QED) is 0.715. The predicted octanol–water partition coefficient (Wildman–Crippen LogP) is 3.38. The highest BCUT2D eigenvalue weighted by atomic mass is 32.2. The Morgan fingerprint density at radius 1 is 1.33 bits per heavy atom. The van der Waals surface area contributed by atoms with Crippen molar-refractivity contribution >= 4 is 45.8 Å². The molecule has 0 aliphatic carbocycles. The summed E-state index contributed by atoms with van der Waals surface area (Å²) in [6.45, 7) is 5.09. The van der Waals surface area contributed by atoms with Gasteiger partial charge in [-0.15, -0.1) is 0 Å². The van der Waals surface area contributed by atoms with Crippen LogP contribution in [-0.4, -0.2) is 51.8 Å². The lowest BCUT2D eigenvalue weighted by molar-refractivity contribution is -0.124. The number of ether oxygens (including phenoxy) is 1. The van der Waals surface area contributed by atoms with Crippen molar-refractivity contribution in [3.8, 4) is 0 Å². The highest BCUT2D eigenvalue weighted by Gasteiger charge is 2.36. The van der Waals surface area contributed by atoms with Crippen LogP contribution in [0.1, 0.15) is 32.3 Å². The summed E-state index contributed by atoms with van der Waals surface area (Å²) in [5, 5.41) is 3.62. The van der Waals surface area contributed by atoms with Gasteiger partial charge in [0.15, 0.2) is 0 Å². The van der Waals surface area contributed by atoms with Crippen molar-refractivity contribution in [2.24, 2.45) is 0 Å². The summed E-state index contributed by atoms with van der Waals surface area (Å²) in [4.78, 5) is 38.9. The molecule has 1 N–H and O–H groups in total. The molecule has 0 radical (unpaired) electrons. The zero-order chi connectivity index (χ0) is 21.3. The minimum Gasteiger partial charge on any atom is -0.376 e. The largest absolute Gasteiger partial charge is 0.376 e.